The highest BCUT2D eigenvalue weighted by Gasteiger charge is 2.34. The summed E-state index contributed by atoms with van der Waals surface area (Å²) in [7, 11) is 2.07. The van der Waals surface area contributed by atoms with E-state index in [1.807, 2.05) is 28.8 Å². The zero-order chi connectivity index (χ0) is 31.7. The molecule has 3 aromatic rings. The van der Waals surface area contributed by atoms with Crippen LogP contribution in [-0.2, 0) is 11.2 Å². The van der Waals surface area contributed by atoms with Crippen molar-refractivity contribution in [3.63, 3.8) is 0 Å². The molecule has 2 aromatic carbocycles. The first-order valence-corrected chi connectivity index (χ1v) is 16.6. The summed E-state index contributed by atoms with van der Waals surface area (Å²) < 4.78 is 20.2. The van der Waals surface area contributed by atoms with E-state index in [0.717, 1.165) is 49.1 Å². The third-order valence-corrected chi connectivity index (χ3v) is 10.6. The van der Waals surface area contributed by atoms with Gasteiger partial charge < -0.3 is 19.4 Å². The van der Waals surface area contributed by atoms with Crippen LogP contribution in [0.1, 0.15) is 36.8 Å². The third kappa shape index (κ3) is 6.07. The number of benzene rings is 2. The number of amides is 1. The number of hydrogen-bond donors (Lipinski definition) is 0. The Kier molecular flexibility index (Phi) is 9.18. The zero-order valence-corrected chi connectivity index (χ0v) is 26.8. The number of rotatable bonds is 7. The van der Waals surface area contributed by atoms with Gasteiger partial charge in [-0.15, -0.1) is 11.8 Å². The second-order valence-electron chi connectivity index (χ2n) is 11.8. The van der Waals surface area contributed by atoms with Crippen LogP contribution in [0, 0.1) is 22.7 Å². The van der Waals surface area contributed by atoms with Crippen molar-refractivity contribution in [1.29, 1.82) is 10.5 Å². The van der Waals surface area contributed by atoms with Gasteiger partial charge in [0.25, 0.3) is 5.91 Å². The van der Waals surface area contributed by atoms with E-state index < -0.39 is 17.8 Å². The summed E-state index contributed by atoms with van der Waals surface area (Å²) in [5.41, 5.74) is 4.71. The van der Waals surface area contributed by atoms with Crippen molar-refractivity contribution in [1.82, 2.24) is 14.8 Å². The zero-order valence-electron chi connectivity index (χ0n) is 25.2. The minimum atomic E-state index is -1.06. The number of anilines is 1. The number of nitrogens with zero attached hydrogens (tertiary/aromatic N) is 6. The molecule has 1 aromatic heterocycles. The van der Waals surface area contributed by atoms with Crippen LogP contribution in [0.25, 0.3) is 22.0 Å². The summed E-state index contributed by atoms with van der Waals surface area (Å²) in [6.07, 6.45) is 4.15. The minimum Gasteiger partial charge on any atom is -0.475 e. The Morgan fingerprint density at radius 3 is 2.78 bits per heavy atom. The van der Waals surface area contributed by atoms with Crippen LogP contribution in [0.3, 0.4) is 0 Å². The summed E-state index contributed by atoms with van der Waals surface area (Å²) >= 11 is 8.90. The summed E-state index contributed by atoms with van der Waals surface area (Å²) in [5, 5.41) is 21.3. The van der Waals surface area contributed by atoms with Gasteiger partial charge in [0.2, 0.25) is 5.88 Å². The van der Waals surface area contributed by atoms with Gasteiger partial charge in [-0.25, -0.2) is 9.37 Å². The van der Waals surface area contributed by atoms with Gasteiger partial charge in [-0.05, 0) is 74.4 Å². The lowest BCUT2D eigenvalue weighted by atomic mass is 9.94. The predicted octanol–water partition coefficient (Wildman–Crippen LogP) is 6.35. The number of fused-ring (bicyclic) bond motifs is 2. The molecule has 6 rings (SSSR count). The van der Waals surface area contributed by atoms with E-state index >= 15 is 0 Å². The quantitative estimate of drug-likeness (QED) is 0.275. The molecule has 3 aliphatic rings. The van der Waals surface area contributed by atoms with Crippen molar-refractivity contribution >= 4 is 45.9 Å². The highest BCUT2D eigenvalue weighted by Crippen LogP contribution is 2.44. The maximum Gasteiger partial charge on any atom is 0.282 e. The number of likely N-dealkylation sites (N-methyl/N-ethyl adjacent to an activating group) is 1. The molecule has 0 bridgehead atoms. The maximum absolute atomic E-state index is 13.9. The van der Waals surface area contributed by atoms with Crippen LogP contribution < -0.4 is 9.64 Å². The van der Waals surface area contributed by atoms with Gasteiger partial charge in [-0.3, -0.25) is 4.79 Å². The number of hydrogen-bond acceptors (Lipinski definition) is 8. The first kappa shape index (κ1) is 31.2. The number of thioether (sulfide) groups is 1. The lowest BCUT2D eigenvalue weighted by molar-refractivity contribution is -0.131. The predicted molar refractivity (Wildman–Crippen MR) is 175 cm³/mol. The Hall–Kier alpha value is -3.83. The van der Waals surface area contributed by atoms with Crippen molar-refractivity contribution in [2.75, 3.05) is 50.5 Å². The number of nitriles is 2. The molecular formula is C34H34ClFN6O2S. The lowest BCUT2D eigenvalue weighted by Crippen LogP contribution is -2.55. The van der Waals surface area contributed by atoms with Gasteiger partial charge >= 0.3 is 0 Å². The number of piperazine rings is 1. The largest absolute Gasteiger partial charge is 0.475 e. The highest BCUT2D eigenvalue weighted by molar-refractivity contribution is 7.99. The fourth-order valence-corrected chi connectivity index (χ4v) is 8.09. The molecule has 45 heavy (non-hydrogen) atoms. The average Bonchev–Trinajstić information content (AvgIpc) is 3.46. The monoisotopic (exact) mass is 644 g/mol. The number of pyridine rings is 1. The molecule has 0 saturated carbocycles. The van der Waals surface area contributed by atoms with Crippen molar-refractivity contribution in [3.05, 3.63) is 58.9 Å². The van der Waals surface area contributed by atoms with E-state index in [2.05, 4.69) is 48.9 Å². The van der Waals surface area contributed by atoms with Crippen LogP contribution in [0.2, 0.25) is 5.02 Å². The molecule has 0 unspecified atom stereocenters. The van der Waals surface area contributed by atoms with Gasteiger partial charge in [0.05, 0.1) is 29.7 Å². The molecular weight excluding hydrogens is 611 g/mol. The van der Waals surface area contributed by atoms with Crippen LogP contribution in [-0.4, -0.2) is 78.4 Å². The molecule has 1 amide bonds. The second-order valence-corrected chi connectivity index (χ2v) is 13.3. The Morgan fingerprint density at radius 1 is 1.20 bits per heavy atom. The van der Waals surface area contributed by atoms with Crippen molar-refractivity contribution in [3.8, 4) is 29.1 Å². The molecule has 2 fully saturated rings. The van der Waals surface area contributed by atoms with E-state index in [4.69, 9.17) is 21.3 Å². The van der Waals surface area contributed by atoms with Gasteiger partial charge in [-0.1, -0.05) is 30.3 Å². The summed E-state index contributed by atoms with van der Waals surface area (Å²) in [4.78, 5) is 24.4. The molecule has 3 aliphatic heterocycles. The number of halogens is 2. The number of ether oxygens (including phenoxy) is 1. The minimum absolute atomic E-state index is 0.000170. The molecule has 2 saturated heterocycles. The first-order chi connectivity index (χ1) is 21.8. The molecule has 0 N–H and O–H groups in total. The molecule has 0 radical (unpaired) electrons. The van der Waals surface area contributed by atoms with Crippen molar-refractivity contribution in [2.24, 2.45) is 0 Å². The normalized spacial score (nSPS) is 20.0. The molecule has 11 heteroatoms. The Morgan fingerprint density at radius 2 is 2.04 bits per heavy atom. The van der Waals surface area contributed by atoms with Crippen molar-refractivity contribution < 1.29 is 13.9 Å². The molecule has 0 spiro atoms. The standard InChI is InChI=1S/C34H34ClFN6O2S/c1-21(36)34(43)42-14-13-41(19-22(42)10-11-37)32-27-16-29(35)26(24-7-3-9-31-25(24)8-5-15-45-31)17-30(27)39-33(28(32)18-38)44-20-23-6-4-12-40(23)2/h3,7,9,16-17,22-23H,1,4-6,8,10,12-15,19-20H2,2H3/t22-,23-/m0/s1. The third-order valence-electron chi connectivity index (χ3n) is 9.08. The number of likely N-dealkylation sites (tertiary alicyclic amines) is 1. The SMILES string of the molecule is C=C(F)C(=O)N1CCN(c2c(C#N)c(OC[C@@H]3CCCN3C)nc3cc(-c4cccc5c4CCCS5)c(Cl)cc23)C[C@@H]1CC#N. The topological polar surface area (TPSA) is 96.5 Å². The van der Waals surface area contributed by atoms with E-state index in [0.29, 0.717) is 34.8 Å². The van der Waals surface area contributed by atoms with Crippen LogP contribution in [0.4, 0.5) is 10.1 Å². The van der Waals surface area contributed by atoms with Crippen LogP contribution in [0.5, 0.6) is 5.88 Å². The fraction of sp³-hybridized carbons (Fsp3) is 0.412. The van der Waals surface area contributed by atoms with Gasteiger partial charge in [0, 0.05) is 46.5 Å². The van der Waals surface area contributed by atoms with E-state index in [-0.39, 0.29) is 37.0 Å². The second kappa shape index (κ2) is 13.3. The van der Waals surface area contributed by atoms with Crippen LogP contribution >= 0.6 is 23.4 Å². The number of carbonyl (C=O) groups is 1. The fourth-order valence-electron chi connectivity index (χ4n) is 6.75. The Balaban J connectivity index is 1.48. The summed E-state index contributed by atoms with van der Waals surface area (Å²) in [5.74, 6) is -0.554. The summed E-state index contributed by atoms with van der Waals surface area (Å²) in [6, 6.07) is 14.2. The molecule has 2 atom stereocenters. The highest BCUT2D eigenvalue weighted by atomic mass is 35.5. The Labute approximate surface area is 272 Å². The smallest absolute Gasteiger partial charge is 0.282 e. The summed E-state index contributed by atoms with van der Waals surface area (Å²) in [6.45, 7) is 5.24. The molecule has 0 aliphatic carbocycles. The van der Waals surface area contributed by atoms with Gasteiger partial charge in [0.1, 0.15) is 18.2 Å². The number of aromatic nitrogens is 1. The van der Waals surface area contributed by atoms with E-state index in [1.54, 1.807) is 0 Å². The van der Waals surface area contributed by atoms with Crippen LogP contribution in [0.15, 0.2) is 47.6 Å². The van der Waals surface area contributed by atoms with Gasteiger partial charge in [0.15, 0.2) is 5.83 Å². The van der Waals surface area contributed by atoms with E-state index in [1.165, 1.54) is 15.4 Å². The Bertz CT molecular complexity index is 1750. The lowest BCUT2D eigenvalue weighted by Gasteiger charge is -2.42. The average molecular weight is 645 g/mol. The first-order valence-electron chi connectivity index (χ1n) is 15.2. The molecule has 232 valence electrons. The van der Waals surface area contributed by atoms with E-state index in [9.17, 15) is 19.7 Å². The van der Waals surface area contributed by atoms with Crippen molar-refractivity contribution in [2.45, 2.75) is 49.1 Å². The molecule has 8 nitrogen and oxygen atoms in total. The number of carbonyl (C=O) groups excluding carboxylic acids is 1. The molecule has 4 heterocycles. The maximum atomic E-state index is 13.9. The van der Waals surface area contributed by atoms with Gasteiger partial charge in [-0.2, -0.15) is 10.5 Å².